The number of aromatic nitrogens is 2. The monoisotopic (exact) mass is 276 g/mol. The molecule has 2 nitrogen and oxygen atoms in total. The molecule has 0 radical (unpaired) electrons. The number of alkyl halides is 1. The Morgan fingerprint density at radius 1 is 1.06 bits per heavy atom. The van der Waals surface area contributed by atoms with E-state index >= 15 is 0 Å². The van der Waals surface area contributed by atoms with Gasteiger partial charge in [-0.2, -0.15) is 10.2 Å². The quantitative estimate of drug-likeness (QED) is 0.803. The van der Waals surface area contributed by atoms with E-state index < -0.39 is 0 Å². The zero-order chi connectivity index (χ0) is 11.4. The third-order valence-electron chi connectivity index (χ3n) is 2.40. The molecule has 0 bridgehead atoms. The second-order valence-electron chi connectivity index (χ2n) is 3.75. The fourth-order valence-electron chi connectivity index (χ4n) is 1.50. The molecule has 0 fully saturated rings. The van der Waals surface area contributed by atoms with Gasteiger partial charge in [-0.1, -0.05) is 46.3 Å². The van der Waals surface area contributed by atoms with E-state index in [0.717, 1.165) is 17.8 Å². The van der Waals surface area contributed by atoms with Crippen molar-refractivity contribution in [3.63, 3.8) is 0 Å². The molecule has 0 aliphatic heterocycles. The van der Waals surface area contributed by atoms with E-state index in [2.05, 4.69) is 38.3 Å². The molecule has 1 heterocycles. The van der Waals surface area contributed by atoms with Crippen molar-refractivity contribution in [3.8, 4) is 0 Å². The number of nitrogens with zero attached hydrogens (tertiary/aromatic N) is 2. The predicted molar refractivity (Wildman–Crippen MR) is 68.6 cm³/mol. The van der Waals surface area contributed by atoms with Crippen LogP contribution in [0.3, 0.4) is 0 Å². The number of benzene rings is 1. The van der Waals surface area contributed by atoms with Gasteiger partial charge in [0.2, 0.25) is 0 Å². The van der Waals surface area contributed by atoms with Crippen molar-refractivity contribution in [2.45, 2.75) is 18.2 Å². The lowest BCUT2D eigenvalue weighted by Gasteiger charge is -2.08. The predicted octanol–water partition coefficient (Wildman–Crippen LogP) is 3.46. The summed E-state index contributed by atoms with van der Waals surface area (Å²) in [5, 5.41) is 8.22. The van der Waals surface area contributed by atoms with Crippen LogP contribution in [0.25, 0.3) is 0 Å². The average Bonchev–Trinajstić information content (AvgIpc) is 2.33. The number of rotatable bonds is 3. The molecule has 0 amide bonds. The first kappa shape index (κ1) is 11.3. The largest absolute Gasteiger partial charge is 0.156 e. The first-order valence-corrected chi connectivity index (χ1v) is 6.15. The van der Waals surface area contributed by atoms with Crippen LogP contribution in [0.1, 0.15) is 21.8 Å². The van der Waals surface area contributed by atoms with Gasteiger partial charge in [0.25, 0.3) is 0 Å². The molecule has 2 rings (SSSR count). The Morgan fingerprint density at radius 2 is 1.81 bits per heavy atom. The standard InChI is InChI=1S/C13H13BrN2/c1-10-7-8-12(16-15-10)9-13(14)11-5-3-2-4-6-11/h2-8,13H,9H2,1H3. The highest BCUT2D eigenvalue weighted by atomic mass is 79.9. The van der Waals surface area contributed by atoms with E-state index in [-0.39, 0.29) is 0 Å². The van der Waals surface area contributed by atoms with Gasteiger partial charge in [-0.25, -0.2) is 0 Å². The molecule has 2 aromatic rings. The number of hydrogen-bond donors (Lipinski definition) is 0. The molecule has 0 aliphatic rings. The number of aryl methyl sites for hydroxylation is 1. The molecule has 0 aliphatic carbocycles. The van der Waals surface area contributed by atoms with Crippen molar-refractivity contribution < 1.29 is 0 Å². The van der Waals surface area contributed by atoms with Crippen LogP contribution in [-0.2, 0) is 6.42 Å². The van der Waals surface area contributed by atoms with Crippen LogP contribution in [0.4, 0.5) is 0 Å². The molecule has 0 saturated heterocycles. The summed E-state index contributed by atoms with van der Waals surface area (Å²) in [6.45, 7) is 1.94. The van der Waals surface area contributed by atoms with E-state index in [4.69, 9.17) is 0 Å². The second kappa shape index (κ2) is 5.21. The van der Waals surface area contributed by atoms with Gasteiger partial charge >= 0.3 is 0 Å². The molecular weight excluding hydrogens is 264 g/mol. The lowest BCUT2D eigenvalue weighted by Crippen LogP contribution is -1.99. The summed E-state index contributed by atoms with van der Waals surface area (Å²) in [7, 11) is 0. The molecule has 3 heteroatoms. The van der Waals surface area contributed by atoms with E-state index in [0.29, 0.717) is 4.83 Å². The first-order chi connectivity index (χ1) is 7.75. The molecule has 0 saturated carbocycles. The van der Waals surface area contributed by atoms with Crippen LogP contribution >= 0.6 is 15.9 Å². The topological polar surface area (TPSA) is 25.8 Å². The van der Waals surface area contributed by atoms with Crippen LogP contribution in [0.5, 0.6) is 0 Å². The molecular formula is C13H13BrN2. The van der Waals surface area contributed by atoms with Crippen LogP contribution in [-0.4, -0.2) is 10.2 Å². The smallest absolute Gasteiger partial charge is 0.0645 e. The summed E-state index contributed by atoms with van der Waals surface area (Å²) in [6.07, 6.45) is 0.858. The molecule has 82 valence electrons. The van der Waals surface area contributed by atoms with Crippen molar-refractivity contribution in [2.75, 3.05) is 0 Å². The third kappa shape index (κ3) is 2.89. The van der Waals surface area contributed by atoms with E-state index in [1.54, 1.807) is 0 Å². The summed E-state index contributed by atoms with van der Waals surface area (Å²) >= 11 is 3.67. The van der Waals surface area contributed by atoms with Crippen molar-refractivity contribution in [1.29, 1.82) is 0 Å². The van der Waals surface area contributed by atoms with Crippen LogP contribution < -0.4 is 0 Å². The Labute approximate surface area is 104 Å². The van der Waals surface area contributed by atoms with Gasteiger partial charge in [0.15, 0.2) is 0 Å². The SMILES string of the molecule is Cc1ccc(CC(Br)c2ccccc2)nn1. The maximum atomic E-state index is 4.16. The minimum atomic E-state index is 0.297. The van der Waals surface area contributed by atoms with E-state index in [9.17, 15) is 0 Å². The van der Waals surface area contributed by atoms with Gasteiger partial charge in [0.1, 0.15) is 0 Å². The van der Waals surface area contributed by atoms with Gasteiger partial charge in [-0.3, -0.25) is 0 Å². The Hall–Kier alpha value is -1.22. The van der Waals surface area contributed by atoms with Gasteiger partial charge in [0, 0.05) is 11.2 Å². The Morgan fingerprint density at radius 3 is 2.44 bits per heavy atom. The summed E-state index contributed by atoms with van der Waals surface area (Å²) in [6, 6.07) is 14.4. The third-order valence-corrected chi connectivity index (χ3v) is 3.26. The summed E-state index contributed by atoms with van der Waals surface area (Å²) in [5.74, 6) is 0. The van der Waals surface area contributed by atoms with Gasteiger partial charge in [0.05, 0.1) is 11.4 Å². The Balaban J connectivity index is 2.08. The minimum absolute atomic E-state index is 0.297. The lowest BCUT2D eigenvalue weighted by atomic mass is 10.1. The Kier molecular flexibility index (Phi) is 3.67. The molecule has 1 atom stereocenters. The highest BCUT2D eigenvalue weighted by Crippen LogP contribution is 2.25. The molecule has 1 aromatic carbocycles. The van der Waals surface area contributed by atoms with Crippen molar-refractivity contribution in [2.24, 2.45) is 0 Å². The van der Waals surface area contributed by atoms with Gasteiger partial charge < -0.3 is 0 Å². The summed E-state index contributed by atoms with van der Waals surface area (Å²) < 4.78 is 0. The van der Waals surface area contributed by atoms with Crippen LogP contribution in [0.2, 0.25) is 0 Å². The molecule has 0 spiro atoms. The normalized spacial score (nSPS) is 12.4. The number of halogens is 1. The zero-order valence-corrected chi connectivity index (χ0v) is 10.7. The molecule has 0 N–H and O–H groups in total. The van der Waals surface area contributed by atoms with Gasteiger partial charge in [-0.05, 0) is 24.6 Å². The fourth-order valence-corrected chi connectivity index (χ4v) is 2.14. The molecule has 1 aromatic heterocycles. The highest BCUT2D eigenvalue weighted by molar-refractivity contribution is 9.09. The average molecular weight is 277 g/mol. The van der Waals surface area contributed by atoms with E-state index in [1.807, 2.05) is 37.3 Å². The number of hydrogen-bond acceptors (Lipinski definition) is 2. The Bertz CT molecular complexity index is 439. The molecule has 16 heavy (non-hydrogen) atoms. The van der Waals surface area contributed by atoms with Crippen LogP contribution in [0, 0.1) is 6.92 Å². The van der Waals surface area contributed by atoms with Crippen LogP contribution in [0.15, 0.2) is 42.5 Å². The fraction of sp³-hybridized carbons (Fsp3) is 0.231. The molecule has 1 unspecified atom stereocenters. The lowest BCUT2D eigenvalue weighted by molar-refractivity contribution is 0.840. The summed E-state index contributed by atoms with van der Waals surface area (Å²) in [5.41, 5.74) is 3.23. The van der Waals surface area contributed by atoms with Crippen molar-refractivity contribution in [1.82, 2.24) is 10.2 Å². The maximum absolute atomic E-state index is 4.16. The zero-order valence-electron chi connectivity index (χ0n) is 9.10. The van der Waals surface area contributed by atoms with Crippen molar-refractivity contribution >= 4 is 15.9 Å². The van der Waals surface area contributed by atoms with Crippen molar-refractivity contribution in [3.05, 3.63) is 59.4 Å². The highest BCUT2D eigenvalue weighted by Gasteiger charge is 2.08. The first-order valence-electron chi connectivity index (χ1n) is 5.24. The summed E-state index contributed by atoms with van der Waals surface area (Å²) in [4.78, 5) is 0.297. The second-order valence-corrected chi connectivity index (χ2v) is 4.85. The van der Waals surface area contributed by atoms with E-state index in [1.165, 1.54) is 5.56 Å². The minimum Gasteiger partial charge on any atom is -0.156 e. The van der Waals surface area contributed by atoms with Gasteiger partial charge in [-0.15, -0.1) is 0 Å². The maximum Gasteiger partial charge on any atom is 0.0645 e.